The lowest BCUT2D eigenvalue weighted by Crippen LogP contribution is -2.45. The van der Waals surface area contributed by atoms with Crippen molar-refractivity contribution in [2.24, 2.45) is 11.8 Å². The van der Waals surface area contributed by atoms with Crippen LogP contribution in [-0.2, 0) is 0 Å². The zero-order chi connectivity index (χ0) is 12.3. The summed E-state index contributed by atoms with van der Waals surface area (Å²) in [6.45, 7) is 1.71. The van der Waals surface area contributed by atoms with Crippen LogP contribution in [0.25, 0.3) is 0 Å². The lowest BCUT2D eigenvalue weighted by molar-refractivity contribution is -0.0444. The van der Waals surface area contributed by atoms with Crippen molar-refractivity contribution in [3.63, 3.8) is 0 Å². The standard InChI is InChI=1S/C12H26N2O2/c1-13(2)7-9-5-12(16)10(6-11(9)15)8-14(3)4/h9-12,15-16H,5-8H2,1-4H3. The first-order valence-corrected chi connectivity index (χ1v) is 6.05. The van der Waals surface area contributed by atoms with Crippen molar-refractivity contribution in [1.29, 1.82) is 0 Å². The first-order valence-electron chi connectivity index (χ1n) is 6.05. The monoisotopic (exact) mass is 230 g/mol. The van der Waals surface area contributed by atoms with E-state index < -0.39 is 0 Å². The van der Waals surface area contributed by atoms with Crippen molar-refractivity contribution in [3.05, 3.63) is 0 Å². The van der Waals surface area contributed by atoms with Crippen LogP contribution in [-0.4, -0.2) is 73.5 Å². The molecule has 0 aromatic carbocycles. The highest BCUT2D eigenvalue weighted by Gasteiger charge is 2.35. The summed E-state index contributed by atoms with van der Waals surface area (Å²) in [6, 6.07) is 0. The molecule has 0 bridgehead atoms. The molecule has 1 saturated carbocycles. The lowest BCUT2D eigenvalue weighted by Gasteiger charge is -2.39. The summed E-state index contributed by atoms with van der Waals surface area (Å²) in [7, 11) is 8.02. The molecular weight excluding hydrogens is 204 g/mol. The molecule has 1 rings (SSSR count). The number of hydrogen-bond acceptors (Lipinski definition) is 4. The lowest BCUT2D eigenvalue weighted by atomic mass is 9.77. The third-order valence-corrected chi connectivity index (χ3v) is 3.38. The molecule has 0 aromatic heterocycles. The summed E-state index contributed by atoms with van der Waals surface area (Å²) < 4.78 is 0. The number of rotatable bonds is 4. The quantitative estimate of drug-likeness (QED) is 0.705. The Morgan fingerprint density at radius 2 is 1.12 bits per heavy atom. The molecule has 0 spiro atoms. The smallest absolute Gasteiger partial charge is 0.0585 e. The SMILES string of the molecule is CN(C)CC1CC(O)C(CN(C)C)CC1O. The highest BCUT2D eigenvalue weighted by Crippen LogP contribution is 2.30. The van der Waals surface area contributed by atoms with Crippen molar-refractivity contribution in [3.8, 4) is 0 Å². The second kappa shape index (κ2) is 5.96. The second-order valence-corrected chi connectivity index (χ2v) is 5.65. The number of nitrogens with zero attached hydrogens (tertiary/aromatic N) is 2. The number of aliphatic hydroxyl groups is 2. The largest absolute Gasteiger partial charge is 0.393 e. The second-order valence-electron chi connectivity index (χ2n) is 5.65. The molecule has 4 atom stereocenters. The molecule has 1 fully saturated rings. The fourth-order valence-electron chi connectivity index (χ4n) is 2.65. The van der Waals surface area contributed by atoms with Gasteiger partial charge >= 0.3 is 0 Å². The first-order chi connectivity index (χ1) is 7.40. The fraction of sp³-hybridized carbons (Fsp3) is 1.00. The van der Waals surface area contributed by atoms with Gasteiger partial charge in [0.25, 0.3) is 0 Å². The summed E-state index contributed by atoms with van der Waals surface area (Å²) in [4.78, 5) is 4.15. The van der Waals surface area contributed by atoms with Gasteiger partial charge in [-0.25, -0.2) is 0 Å². The summed E-state index contributed by atoms with van der Waals surface area (Å²) in [5, 5.41) is 20.1. The van der Waals surface area contributed by atoms with E-state index in [1.165, 1.54) is 0 Å². The van der Waals surface area contributed by atoms with E-state index >= 15 is 0 Å². The summed E-state index contributed by atoms with van der Waals surface area (Å²) in [5.74, 6) is 0.423. The normalized spacial score (nSPS) is 36.0. The van der Waals surface area contributed by atoms with Gasteiger partial charge in [0.05, 0.1) is 12.2 Å². The van der Waals surface area contributed by atoms with Gasteiger partial charge in [0.15, 0.2) is 0 Å². The maximum absolute atomic E-state index is 10.1. The summed E-state index contributed by atoms with van der Waals surface area (Å²) in [5.41, 5.74) is 0. The molecule has 16 heavy (non-hydrogen) atoms. The van der Waals surface area contributed by atoms with Gasteiger partial charge in [0.1, 0.15) is 0 Å². The van der Waals surface area contributed by atoms with E-state index in [1.807, 2.05) is 28.2 Å². The van der Waals surface area contributed by atoms with E-state index in [2.05, 4.69) is 9.80 Å². The predicted octanol–water partition coefficient (Wildman–Crippen LogP) is -0.142. The van der Waals surface area contributed by atoms with Crippen LogP contribution in [0, 0.1) is 11.8 Å². The van der Waals surface area contributed by atoms with Gasteiger partial charge in [-0.15, -0.1) is 0 Å². The molecule has 0 heterocycles. The van der Waals surface area contributed by atoms with Gasteiger partial charge < -0.3 is 20.0 Å². The molecule has 4 heteroatoms. The number of aliphatic hydroxyl groups excluding tert-OH is 2. The molecule has 96 valence electrons. The van der Waals surface area contributed by atoms with Gasteiger partial charge in [0.2, 0.25) is 0 Å². The van der Waals surface area contributed by atoms with Crippen LogP contribution in [0.1, 0.15) is 12.8 Å². The van der Waals surface area contributed by atoms with Crippen LogP contribution in [0.5, 0.6) is 0 Å². The molecule has 0 amide bonds. The molecule has 0 radical (unpaired) electrons. The maximum atomic E-state index is 10.1. The van der Waals surface area contributed by atoms with Gasteiger partial charge in [-0.1, -0.05) is 0 Å². The third-order valence-electron chi connectivity index (χ3n) is 3.38. The van der Waals surface area contributed by atoms with Gasteiger partial charge in [-0.2, -0.15) is 0 Å². The van der Waals surface area contributed by atoms with Crippen LogP contribution < -0.4 is 0 Å². The third kappa shape index (κ3) is 4.01. The minimum atomic E-state index is -0.268. The average molecular weight is 230 g/mol. The first kappa shape index (κ1) is 13.9. The molecule has 4 nitrogen and oxygen atoms in total. The maximum Gasteiger partial charge on any atom is 0.0585 e. The Bertz CT molecular complexity index is 187. The Morgan fingerprint density at radius 1 is 0.812 bits per heavy atom. The highest BCUT2D eigenvalue weighted by atomic mass is 16.3. The van der Waals surface area contributed by atoms with E-state index in [0.29, 0.717) is 0 Å². The van der Waals surface area contributed by atoms with Crippen LogP contribution in [0.3, 0.4) is 0 Å². The van der Waals surface area contributed by atoms with Gasteiger partial charge in [-0.3, -0.25) is 0 Å². The Balaban J connectivity index is 2.49. The van der Waals surface area contributed by atoms with Crippen LogP contribution in [0.4, 0.5) is 0 Å². The van der Waals surface area contributed by atoms with Crippen molar-refractivity contribution >= 4 is 0 Å². The minimum absolute atomic E-state index is 0.211. The van der Waals surface area contributed by atoms with Crippen molar-refractivity contribution in [1.82, 2.24) is 9.80 Å². The topological polar surface area (TPSA) is 46.9 Å². The van der Waals surface area contributed by atoms with E-state index in [-0.39, 0.29) is 24.0 Å². The molecule has 0 aliphatic heterocycles. The Morgan fingerprint density at radius 3 is 1.38 bits per heavy atom. The zero-order valence-corrected chi connectivity index (χ0v) is 10.9. The van der Waals surface area contributed by atoms with E-state index in [1.54, 1.807) is 0 Å². The molecule has 4 unspecified atom stereocenters. The Hall–Kier alpha value is -0.160. The fourth-order valence-corrected chi connectivity index (χ4v) is 2.65. The van der Waals surface area contributed by atoms with E-state index in [0.717, 1.165) is 25.9 Å². The van der Waals surface area contributed by atoms with Gasteiger partial charge in [-0.05, 0) is 52.9 Å². The van der Waals surface area contributed by atoms with Gasteiger partial charge in [0, 0.05) is 13.1 Å². The molecule has 0 saturated heterocycles. The molecule has 0 aromatic rings. The molecule has 1 aliphatic rings. The van der Waals surface area contributed by atoms with Crippen molar-refractivity contribution in [2.75, 3.05) is 41.3 Å². The van der Waals surface area contributed by atoms with Crippen LogP contribution in [0.2, 0.25) is 0 Å². The Kier molecular flexibility index (Phi) is 5.18. The molecular formula is C12H26N2O2. The predicted molar refractivity (Wildman–Crippen MR) is 65.3 cm³/mol. The minimum Gasteiger partial charge on any atom is -0.393 e. The average Bonchev–Trinajstić information content (AvgIpc) is 2.11. The number of hydrogen-bond donors (Lipinski definition) is 2. The zero-order valence-electron chi connectivity index (χ0n) is 10.9. The summed E-state index contributed by atoms with van der Waals surface area (Å²) in [6.07, 6.45) is 0.905. The summed E-state index contributed by atoms with van der Waals surface area (Å²) >= 11 is 0. The highest BCUT2D eigenvalue weighted by molar-refractivity contribution is 4.87. The Labute approximate surface area is 98.9 Å². The van der Waals surface area contributed by atoms with Crippen LogP contribution in [0.15, 0.2) is 0 Å². The van der Waals surface area contributed by atoms with E-state index in [9.17, 15) is 10.2 Å². The molecule has 2 N–H and O–H groups in total. The molecule has 1 aliphatic carbocycles. The van der Waals surface area contributed by atoms with E-state index in [4.69, 9.17) is 0 Å². The van der Waals surface area contributed by atoms with Crippen molar-refractivity contribution < 1.29 is 10.2 Å². The van der Waals surface area contributed by atoms with Crippen LogP contribution >= 0.6 is 0 Å². The van der Waals surface area contributed by atoms with Crippen molar-refractivity contribution in [2.45, 2.75) is 25.0 Å².